The molecule has 0 N–H and O–H groups in total. The smallest absolute Gasteiger partial charge is 0.256 e. The molecule has 0 aliphatic carbocycles. The monoisotopic (exact) mass is 280 g/mol. The largest absolute Gasteiger partial charge is 0.336 e. The average molecular weight is 281 g/mol. The molecule has 0 radical (unpaired) electrons. The standard InChI is InChI=1S/C13H13ClN2OS/c14-9-4-3-5-10(8-9)16-12(17)11-6-1-2-7-15(11)13(16)18/h3-5,8,11H,1-2,6-7H2. The van der Waals surface area contributed by atoms with Gasteiger partial charge in [0.2, 0.25) is 0 Å². The zero-order valence-corrected chi connectivity index (χ0v) is 11.4. The van der Waals surface area contributed by atoms with E-state index in [1.54, 1.807) is 17.0 Å². The normalized spacial score (nSPS) is 23.5. The summed E-state index contributed by atoms with van der Waals surface area (Å²) in [5, 5.41) is 1.24. The zero-order chi connectivity index (χ0) is 12.7. The Morgan fingerprint density at radius 2 is 2.17 bits per heavy atom. The first kappa shape index (κ1) is 11.9. The Morgan fingerprint density at radius 1 is 1.33 bits per heavy atom. The van der Waals surface area contributed by atoms with E-state index in [2.05, 4.69) is 0 Å². The summed E-state index contributed by atoms with van der Waals surface area (Å²) in [5.41, 5.74) is 0.770. The lowest BCUT2D eigenvalue weighted by Gasteiger charge is -2.27. The number of fused-ring (bicyclic) bond motifs is 1. The molecule has 18 heavy (non-hydrogen) atoms. The minimum Gasteiger partial charge on any atom is -0.336 e. The number of carbonyl (C=O) groups excluding carboxylic acids is 1. The van der Waals surface area contributed by atoms with Gasteiger partial charge in [0.05, 0.1) is 5.69 Å². The topological polar surface area (TPSA) is 23.6 Å². The van der Waals surface area contributed by atoms with Gasteiger partial charge in [-0.1, -0.05) is 17.7 Å². The molecule has 2 heterocycles. The first-order chi connectivity index (χ1) is 8.68. The van der Waals surface area contributed by atoms with Gasteiger partial charge in [0.25, 0.3) is 5.91 Å². The number of thiocarbonyl (C=S) groups is 1. The number of hydrogen-bond acceptors (Lipinski definition) is 2. The van der Waals surface area contributed by atoms with E-state index in [9.17, 15) is 4.79 Å². The van der Waals surface area contributed by atoms with Crippen LogP contribution in [0, 0.1) is 0 Å². The molecule has 2 aliphatic heterocycles. The molecule has 0 saturated carbocycles. The van der Waals surface area contributed by atoms with Crippen LogP contribution in [0.3, 0.4) is 0 Å². The van der Waals surface area contributed by atoms with Gasteiger partial charge in [0.1, 0.15) is 6.04 Å². The highest BCUT2D eigenvalue weighted by Gasteiger charge is 2.43. The summed E-state index contributed by atoms with van der Waals surface area (Å²) >= 11 is 11.4. The maximum Gasteiger partial charge on any atom is 0.256 e. The van der Waals surface area contributed by atoms with Crippen molar-refractivity contribution in [1.82, 2.24) is 4.90 Å². The summed E-state index contributed by atoms with van der Waals surface area (Å²) in [6.07, 6.45) is 3.10. The second-order valence-electron chi connectivity index (χ2n) is 4.64. The average Bonchev–Trinajstić information content (AvgIpc) is 2.63. The van der Waals surface area contributed by atoms with Crippen LogP contribution in [-0.2, 0) is 4.79 Å². The fraction of sp³-hybridized carbons (Fsp3) is 0.385. The van der Waals surface area contributed by atoms with Gasteiger partial charge in [-0.15, -0.1) is 0 Å². The first-order valence-electron chi connectivity index (χ1n) is 6.08. The molecule has 5 heteroatoms. The molecule has 94 valence electrons. The SMILES string of the molecule is O=C1C2CCCCN2C(=S)N1c1cccc(Cl)c1. The van der Waals surface area contributed by atoms with Crippen molar-refractivity contribution in [3.05, 3.63) is 29.3 Å². The number of anilines is 1. The number of nitrogens with zero attached hydrogens (tertiary/aromatic N) is 2. The van der Waals surface area contributed by atoms with Crippen LogP contribution in [0.25, 0.3) is 0 Å². The Labute approximate surface area is 116 Å². The maximum absolute atomic E-state index is 12.4. The minimum atomic E-state index is -0.0646. The fourth-order valence-corrected chi connectivity index (χ4v) is 3.24. The summed E-state index contributed by atoms with van der Waals surface area (Å²) in [4.78, 5) is 16.1. The van der Waals surface area contributed by atoms with Crippen molar-refractivity contribution in [2.75, 3.05) is 11.4 Å². The summed E-state index contributed by atoms with van der Waals surface area (Å²) < 4.78 is 0. The van der Waals surface area contributed by atoms with E-state index in [4.69, 9.17) is 23.8 Å². The van der Waals surface area contributed by atoms with Crippen molar-refractivity contribution in [3.8, 4) is 0 Å². The quantitative estimate of drug-likeness (QED) is 0.739. The van der Waals surface area contributed by atoms with Crippen molar-refractivity contribution in [2.24, 2.45) is 0 Å². The molecule has 1 amide bonds. The van der Waals surface area contributed by atoms with Gasteiger partial charge < -0.3 is 4.90 Å². The number of carbonyl (C=O) groups is 1. The molecule has 3 rings (SSSR count). The number of amides is 1. The van der Waals surface area contributed by atoms with Crippen LogP contribution in [0.1, 0.15) is 19.3 Å². The van der Waals surface area contributed by atoms with Crippen molar-refractivity contribution in [1.29, 1.82) is 0 Å². The Hall–Kier alpha value is -1.13. The molecule has 2 aliphatic rings. The number of piperidine rings is 1. The van der Waals surface area contributed by atoms with E-state index in [1.807, 2.05) is 17.0 Å². The summed E-state index contributed by atoms with van der Waals surface area (Å²) in [7, 11) is 0. The summed E-state index contributed by atoms with van der Waals surface area (Å²) in [5.74, 6) is 0.0852. The van der Waals surface area contributed by atoms with E-state index in [1.165, 1.54) is 0 Å². The summed E-state index contributed by atoms with van der Waals surface area (Å²) in [6, 6.07) is 7.22. The van der Waals surface area contributed by atoms with E-state index >= 15 is 0 Å². The van der Waals surface area contributed by atoms with Gasteiger partial charge in [0.15, 0.2) is 5.11 Å². The third-order valence-electron chi connectivity index (χ3n) is 3.51. The Bertz CT molecular complexity index is 495. The van der Waals surface area contributed by atoms with Crippen molar-refractivity contribution < 1.29 is 4.79 Å². The molecule has 1 aromatic rings. The molecule has 0 spiro atoms. The minimum absolute atomic E-state index is 0.0646. The highest BCUT2D eigenvalue weighted by atomic mass is 35.5. The predicted octanol–water partition coefficient (Wildman–Crippen LogP) is 2.83. The van der Waals surface area contributed by atoms with Crippen LogP contribution < -0.4 is 4.90 Å². The molecule has 1 unspecified atom stereocenters. The zero-order valence-electron chi connectivity index (χ0n) is 9.80. The lowest BCUT2D eigenvalue weighted by molar-refractivity contribution is -0.120. The van der Waals surface area contributed by atoms with Crippen molar-refractivity contribution in [2.45, 2.75) is 25.3 Å². The summed E-state index contributed by atoms with van der Waals surface area (Å²) in [6.45, 7) is 0.881. The van der Waals surface area contributed by atoms with E-state index in [-0.39, 0.29) is 11.9 Å². The molecule has 2 saturated heterocycles. The van der Waals surface area contributed by atoms with Crippen molar-refractivity contribution >= 4 is 40.5 Å². The van der Waals surface area contributed by atoms with E-state index < -0.39 is 0 Å². The third kappa shape index (κ3) is 1.80. The lowest BCUT2D eigenvalue weighted by Crippen LogP contribution is -2.38. The molecular weight excluding hydrogens is 268 g/mol. The fourth-order valence-electron chi connectivity index (χ4n) is 2.64. The van der Waals surface area contributed by atoms with Crippen LogP contribution in [-0.4, -0.2) is 28.5 Å². The molecule has 3 nitrogen and oxygen atoms in total. The molecule has 0 bridgehead atoms. The van der Waals surface area contributed by atoms with Gasteiger partial charge >= 0.3 is 0 Å². The van der Waals surface area contributed by atoms with Crippen LogP contribution in [0.4, 0.5) is 5.69 Å². The second-order valence-corrected chi connectivity index (χ2v) is 5.44. The molecule has 2 fully saturated rings. The van der Waals surface area contributed by atoms with Gasteiger partial charge in [-0.3, -0.25) is 9.69 Å². The number of benzene rings is 1. The number of halogens is 1. The van der Waals surface area contributed by atoms with Crippen LogP contribution in [0.2, 0.25) is 5.02 Å². The van der Waals surface area contributed by atoms with Gasteiger partial charge in [0, 0.05) is 11.6 Å². The highest BCUT2D eigenvalue weighted by molar-refractivity contribution is 7.80. The second kappa shape index (κ2) is 4.52. The van der Waals surface area contributed by atoms with Crippen LogP contribution >= 0.6 is 23.8 Å². The van der Waals surface area contributed by atoms with E-state index in [0.29, 0.717) is 10.1 Å². The van der Waals surface area contributed by atoms with Crippen LogP contribution in [0.5, 0.6) is 0 Å². The van der Waals surface area contributed by atoms with Gasteiger partial charge in [-0.05, 0) is 49.7 Å². The molecule has 1 atom stereocenters. The highest BCUT2D eigenvalue weighted by Crippen LogP contribution is 2.31. The van der Waals surface area contributed by atoms with Gasteiger partial charge in [-0.2, -0.15) is 0 Å². The number of hydrogen-bond donors (Lipinski definition) is 0. The molecule has 0 aromatic heterocycles. The van der Waals surface area contributed by atoms with Crippen molar-refractivity contribution in [3.63, 3.8) is 0 Å². The first-order valence-corrected chi connectivity index (χ1v) is 6.87. The Morgan fingerprint density at radius 3 is 2.89 bits per heavy atom. The Balaban J connectivity index is 1.97. The molecular formula is C13H13ClN2OS. The molecule has 1 aromatic carbocycles. The number of rotatable bonds is 1. The van der Waals surface area contributed by atoms with E-state index in [0.717, 1.165) is 31.5 Å². The third-order valence-corrected chi connectivity index (χ3v) is 4.16. The maximum atomic E-state index is 12.4. The Kier molecular flexibility index (Phi) is 2.99. The lowest BCUT2D eigenvalue weighted by atomic mass is 10.0. The predicted molar refractivity (Wildman–Crippen MR) is 75.9 cm³/mol. The van der Waals surface area contributed by atoms with Crippen LogP contribution in [0.15, 0.2) is 24.3 Å². The van der Waals surface area contributed by atoms with Gasteiger partial charge in [-0.25, -0.2) is 0 Å².